The highest BCUT2D eigenvalue weighted by Crippen LogP contribution is 2.31. The van der Waals surface area contributed by atoms with Crippen molar-refractivity contribution in [3.05, 3.63) is 47.5 Å². The molecule has 9 heteroatoms. The second kappa shape index (κ2) is 7.77. The third kappa shape index (κ3) is 3.92. The molecule has 6 nitrogen and oxygen atoms in total. The van der Waals surface area contributed by atoms with E-state index >= 15 is 0 Å². The molecule has 0 spiro atoms. The van der Waals surface area contributed by atoms with E-state index in [2.05, 4.69) is 4.98 Å². The van der Waals surface area contributed by atoms with Crippen molar-refractivity contribution >= 4 is 21.6 Å². The van der Waals surface area contributed by atoms with Crippen LogP contribution in [0.4, 0.5) is 4.39 Å². The van der Waals surface area contributed by atoms with Crippen molar-refractivity contribution in [2.75, 3.05) is 20.2 Å². The normalized spacial score (nSPS) is 18.5. The Bertz CT molecular complexity index is 894. The number of piperidine rings is 1. The Balaban J connectivity index is 1.83. The molecule has 1 saturated heterocycles. The summed E-state index contributed by atoms with van der Waals surface area (Å²) in [6.45, 7) is 0.465. The van der Waals surface area contributed by atoms with Gasteiger partial charge in [-0.25, -0.2) is 12.8 Å². The third-order valence-corrected chi connectivity index (χ3v) is 6.28. The van der Waals surface area contributed by atoms with Gasteiger partial charge in [0.25, 0.3) is 0 Å². The molecule has 0 saturated carbocycles. The second-order valence-corrected chi connectivity index (χ2v) is 8.16. The van der Waals surface area contributed by atoms with Crippen LogP contribution in [0.2, 0.25) is 5.02 Å². The van der Waals surface area contributed by atoms with Gasteiger partial charge >= 0.3 is 0 Å². The minimum atomic E-state index is -3.92. The summed E-state index contributed by atoms with van der Waals surface area (Å²) in [7, 11) is -2.57. The van der Waals surface area contributed by atoms with Crippen LogP contribution in [0, 0.1) is 5.82 Å². The molecule has 2 aromatic rings. The van der Waals surface area contributed by atoms with Crippen molar-refractivity contribution in [1.82, 2.24) is 9.29 Å². The van der Waals surface area contributed by atoms with Gasteiger partial charge in [-0.05, 0) is 31.0 Å². The summed E-state index contributed by atoms with van der Waals surface area (Å²) < 4.78 is 51.8. The molecular weight excluding hydrogens is 383 g/mol. The highest BCUT2D eigenvalue weighted by molar-refractivity contribution is 7.89. The summed E-state index contributed by atoms with van der Waals surface area (Å²) in [6.07, 6.45) is 3.95. The average molecular weight is 401 g/mol. The lowest BCUT2D eigenvalue weighted by Crippen LogP contribution is -2.44. The maximum absolute atomic E-state index is 13.6. The summed E-state index contributed by atoms with van der Waals surface area (Å²) in [5.41, 5.74) is 0. The molecule has 1 aliphatic heterocycles. The summed E-state index contributed by atoms with van der Waals surface area (Å²) in [5, 5.41) is 0.360. The van der Waals surface area contributed by atoms with Gasteiger partial charge in [-0.15, -0.1) is 0 Å². The molecule has 1 aliphatic rings. The maximum atomic E-state index is 13.6. The van der Waals surface area contributed by atoms with Gasteiger partial charge in [0.15, 0.2) is 0 Å². The van der Waals surface area contributed by atoms with E-state index in [9.17, 15) is 12.8 Å². The van der Waals surface area contributed by atoms with Gasteiger partial charge in [0.05, 0.1) is 13.7 Å². The minimum Gasteiger partial charge on any atom is -0.495 e. The number of hydrogen-bond donors (Lipinski definition) is 0. The number of ether oxygens (including phenoxy) is 2. The fourth-order valence-corrected chi connectivity index (χ4v) is 4.69. The fourth-order valence-electron chi connectivity index (χ4n) is 2.85. The predicted molar refractivity (Wildman–Crippen MR) is 94.6 cm³/mol. The van der Waals surface area contributed by atoms with Gasteiger partial charge in [-0.2, -0.15) is 4.31 Å². The molecule has 0 N–H and O–H groups in total. The summed E-state index contributed by atoms with van der Waals surface area (Å²) in [6, 6.07) is 5.06. The van der Waals surface area contributed by atoms with Crippen LogP contribution >= 0.6 is 11.6 Å². The second-order valence-electron chi connectivity index (χ2n) is 5.85. The van der Waals surface area contributed by atoms with E-state index in [1.165, 1.54) is 23.7 Å². The predicted octanol–water partition coefficient (Wildman–Crippen LogP) is 3.11. The zero-order valence-electron chi connectivity index (χ0n) is 14.1. The van der Waals surface area contributed by atoms with Crippen LogP contribution < -0.4 is 9.47 Å². The molecular formula is C17H18ClFN2O4S. The molecule has 1 fully saturated rings. The number of methoxy groups -OCH3 is 1. The minimum absolute atomic E-state index is 0.103. The van der Waals surface area contributed by atoms with Gasteiger partial charge in [-0.1, -0.05) is 11.6 Å². The summed E-state index contributed by atoms with van der Waals surface area (Å²) in [5.74, 6) is -0.0846. The molecule has 1 aromatic carbocycles. The molecule has 0 aliphatic carbocycles. The number of aromatic nitrogens is 1. The SMILES string of the molecule is COc1ccc(F)cc1S(=O)(=O)N1CCCC(Oc2ccncc2Cl)C1. The first-order valence-corrected chi connectivity index (χ1v) is 9.83. The Labute approximate surface area is 156 Å². The quantitative estimate of drug-likeness (QED) is 0.771. The lowest BCUT2D eigenvalue weighted by atomic mass is 10.1. The van der Waals surface area contributed by atoms with Crippen molar-refractivity contribution < 1.29 is 22.3 Å². The molecule has 0 amide bonds. The molecule has 1 aromatic heterocycles. The highest BCUT2D eigenvalue weighted by Gasteiger charge is 2.33. The van der Waals surface area contributed by atoms with Crippen molar-refractivity contribution in [3.63, 3.8) is 0 Å². The van der Waals surface area contributed by atoms with E-state index in [4.69, 9.17) is 21.1 Å². The van der Waals surface area contributed by atoms with Crippen LogP contribution in [-0.2, 0) is 10.0 Å². The first-order valence-electron chi connectivity index (χ1n) is 8.01. The Hall–Kier alpha value is -1.90. The summed E-state index contributed by atoms with van der Waals surface area (Å²) in [4.78, 5) is 3.70. The fraction of sp³-hybridized carbons (Fsp3) is 0.353. The zero-order chi connectivity index (χ0) is 18.7. The highest BCUT2D eigenvalue weighted by atomic mass is 35.5. The summed E-state index contributed by atoms with van der Waals surface area (Å²) >= 11 is 6.05. The molecule has 0 radical (unpaired) electrons. The van der Waals surface area contributed by atoms with Crippen LogP contribution in [0.1, 0.15) is 12.8 Å². The van der Waals surface area contributed by atoms with Crippen molar-refractivity contribution in [2.45, 2.75) is 23.8 Å². The van der Waals surface area contributed by atoms with Gasteiger partial charge < -0.3 is 9.47 Å². The van der Waals surface area contributed by atoms with E-state index in [1.807, 2.05) is 0 Å². The molecule has 0 bridgehead atoms. The molecule has 1 unspecified atom stereocenters. The monoisotopic (exact) mass is 400 g/mol. The van der Waals surface area contributed by atoms with Crippen molar-refractivity contribution in [2.24, 2.45) is 0 Å². The Morgan fingerprint density at radius 2 is 2.12 bits per heavy atom. The molecule has 140 valence electrons. The van der Waals surface area contributed by atoms with Crippen LogP contribution in [0.15, 0.2) is 41.6 Å². The number of hydrogen-bond acceptors (Lipinski definition) is 5. The lowest BCUT2D eigenvalue weighted by molar-refractivity contribution is 0.129. The Morgan fingerprint density at radius 1 is 1.31 bits per heavy atom. The van der Waals surface area contributed by atoms with Crippen LogP contribution in [0.5, 0.6) is 11.5 Å². The topological polar surface area (TPSA) is 68.7 Å². The standard InChI is InChI=1S/C17H18ClFN2O4S/c1-24-16-5-4-12(19)9-17(16)26(22,23)21-8-2-3-13(11-21)25-15-6-7-20-10-14(15)18/h4-7,9-10,13H,2-3,8,11H2,1H3. The smallest absolute Gasteiger partial charge is 0.246 e. The largest absolute Gasteiger partial charge is 0.495 e. The molecule has 1 atom stereocenters. The zero-order valence-corrected chi connectivity index (χ0v) is 15.6. The molecule has 3 rings (SSSR count). The molecule has 26 heavy (non-hydrogen) atoms. The number of halogens is 2. The third-order valence-electron chi connectivity index (χ3n) is 4.11. The van der Waals surface area contributed by atoms with Crippen molar-refractivity contribution in [1.29, 1.82) is 0 Å². The lowest BCUT2D eigenvalue weighted by Gasteiger charge is -2.32. The van der Waals surface area contributed by atoms with Gasteiger partial charge in [-0.3, -0.25) is 4.98 Å². The van der Waals surface area contributed by atoms with E-state index in [1.54, 1.807) is 12.3 Å². The van der Waals surface area contributed by atoms with E-state index < -0.39 is 15.8 Å². The van der Waals surface area contributed by atoms with E-state index in [0.29, 0.717) is 30.2 Å². The maximum Gasteiger partial charge on any atom is 0.246 e. The van der Waals surface area contributed by atoms with Crippen LogP contribution in [-0.4, -0.2) is 44.0 Å². The Morgan fingerprint density at radius 3 is 2.85 bits per heavy atom. The number of sulfonamides is 1. The van der Waals surface area contributed by atoms with Crippen LogP contribution in [0.25, 0.3) is 0 Å². The van der Waals surface area contributed by atoms with E-state index in [0.717, 1.165) is 12.1 Å². The number of rotatable bonds is 5. The average Bonchev–Trinajstić information content (AvgIpc) is 2.64. The first-order chi connectivity index (χ1) is 12.4. The van der Waals surface area contributed by atoms with Gasteiger partial charge in [0.1, 0.15) is 33.3 Å². The number of benzene rings is 1. The van der Waals surface area contributed by atoms with Gasteiger partial charge in [0.2, 0.25) is 10.0 Å². The number of pyridine rings is 1. The number of nitrogens with zero attached hydrogens (tertiary/aromatic N) is 2. The van der Waals surface area contributed by atoms with E-state index in [-0.39, 0.29) is 23.3 Å². The first kappa shape index (κ1) is 18.9. The van der Waals surface area contributed by atoms with Crippen molar-refractivity contribution in [3.8, 4) is 11.5 Å². The Kier molecular flexibility index (Phi) is 5.64. The van der Waals surface area contributed by atoms with Gasteiger partial charge in [0, 0.05) is 25.0 Å². The molecule has 2 heterocycles. The van der Waals surface area contributed by atoms with Crippen LogP contribution in [0.3, 0.4) is 0 Å².